The molecule has 0 bridgehead atoms. The summed E-state index contributed by atoms with van der Waals surface area (Å²) in [6.45, 7) is 0.101. The van der Waals surface area contributed by atoms with Crippen molar-refractivity contribution in [3.05, 3.63) is 152 Å². The molecule has 2 nitrogen and oxygen atoms in total. The Labute approximate surface area is 270 Å². The summed E-state index contributed by atoms with van der Waals surface area (Å²) in [5.41, 5.74) is 14.1. The number of benzene rings is 7. The summed E-state index contributed by atoms with van der Waals surface area (Å²) >= 11 is 1.89. The van der Waals surface area contributed by atoms with Gasteiger partial charge in [0.05, 0.1) is 11.0 Å². The lowest BCUT2D eigenvalue weighted by atomic mass is 9.43. The van der Waals surface area contributed by atoms with Crippen molar-refractivity contribution in [2.75, 3.05) is 4.81 Å². The molecule has 2 aliphatic rings. The van der Waals surface area contributed by atoms with Gasteiger partial charge < -0.3 is 9.38 Å². The van der Waals surface area contributed by atoms with Crippen molar-refractivity contribution in [1.29, 1.82) is 0 Å². The second-order valence-corrected chi connectivity index (χ2v) is 13.6. The molecule has 0 amide bonds. The fourth-order valence-corrected chi connectivity index (χ4v) is 9.39. The van der Waals surface area contributed by atoms with Crippen LogP contribution >= 0.6 is 11.3 Å². The van der Waals surface area contributed by atoms with Gasteiger partial charge in [0.25, 0.3) is 0 Å². The van der Waals surface area contributed by atoms with Gasteiger partial charge in [-0.25, -0.2) is 0 Å². The van der Waals surface area contributed by atoms with Crippen LogP contribution < -0.4 is 15.7 Å². The third kappa shape index (κ3) is 3.16. The summed E-state index contributed by atoms with van der Waals surface area (Å²) in [6.07, 6.45) is 0. The number of hydrogen-bond donors (Lipinski definition) is 0. The first-order valence-corrected chi connectivity index (χ1v) is 16.7. The third-order valence-corrected chi connectivity index (χ3v) is 11.3. The molecule has 0 saturated heterocycles. The van der Waals surface area contributed by atoms with Gasteiger partial charge >= 0.3 is 6.85 Å². The minimum absolute atomic E-state index is 0.101. The number of fused-ring (bicyclic) bond motifs is 17. The molecule has 4 heterocycles. The normalized spacial score (nSPS) is 13.1. The van der Waals surface area contributed by atoms with Gasteiger partial charge in [0.2, 0.25) is 0 Å². The van der Waals surface area contributed by atoms with Crippen molar-refractivity contribution in [2.45, 2.75) is 0 Å². The summed E-state index contributed by atoms with van der Waals surface area (Å²) in [5.74, 6) is 0. The second-order valence-electron chi connectivity index (χ2n) is 12.5. The van der Waals surface area contributed by atoms with Crippen molar-refractivity contribution < 1.29 is 0 Å². The largest absolute Gasteiger partial charge is 0.376 e. The summed E-state index contributed by atoms with van der Waals surface area (Å²) in [5, 5.41) is 5.23. The standard InChI is InChI=1S/C42H25BN2S/c1-2-12-26(13-3-1)44-38-22-31-28-15-5-9-19-36(28)43-35-18-8-4-14-27(35)29-16-6-10-20-37(29)45(43)40(31)23-32(38)33-25-42-34(24-39(33)44)30-17-7-11-21-41(30)46-42/h1-25H. The number of aromatic nitrogens is 1. The van der Waals surface area contributed by atoms with E-state index in [-0.39, 0.29) is 6.85 Å². The molecule has 0 unspecified atom stereocenters. The number of nitrogens with zero attached hydrogens (tertiary/aromatic N) is 2. The molecule has 212 valence electrons. The minimum atomic E-state index is 0.101. The average molecular weight is 601 g/mol. The van der Waals surface area contributed by atoms with Gasteiger partial charge in [-0.3, -0.25) is 0 Å². The van der Waals surface area contributed by atoms with E-state index in [4.69, 9.17) is 0 Å². The zero-order valence-electron chi connectivity index (χ0n) is 24.8. The van der Waals surface area contributed by atoms with Crippen molar-refractivity contribution >= 4 is 82.5 Å². The first-order valence-electron chi connectivity index (χ1n) is 15.9. The van der Waals surface area contributed by atoms with Crippen LogP contribution in [0.4, 0.5) is 11.4 Å². The van der Waals surface area contributed by atoms with Crippen LogP contribution in [0, 0.1) is 0 Å². The molecule has 4 heteroatoms. The summed E-state index contributed by atoms with van der Waals surface area (Å²) < 4.78 is 5.14. The quantitative estimate of drug-likeness (QED) is 0.170. The maximum Gasteiger partial charge on any atom is 0.329 e. The zero-order chi connectivity index (χ0) is 29.9. The van der Waals surface area contributed by atoms with Gasteiger partial charge in [-0.1, -0.05) is 103 Å². The smallest absolute Gasteiger partial charge is 0.329 e. The molecule has 46 heavy (non-hydrogen) atoms. The van der Waals surface area contributed by atoms with Crippen LogP contribution in [-0.4, -0.2) is 11.4 Å². The van der Waals surface area contributed by atoms with Crippen LogP contribution in [0.1, 0.15) is 0 Å². The Bertz CT molecular complexity index is 2720. The molecule has 0 fully saturated rings. The molecule has 7 aromatic carbocycles. The van der Waals surface area contributed by atoms with Crippen molar-refractivity contribution in [2.24, 2.45) is 0 Å². The van der Waals surface area contributed by atoms with E-state index in [2.05, 4.69) is 161 Å². The molecule has 2 aliphatic heterocycles. The number of rotatable bonds is 1. The van der Waals surface area contributed by atoms with Gasteiger partial charge in [-0.15, -0.1) is 11.3 Å². The van der Waals surface area contributed by atoms with E-state index >= 15 is 0 Å². The van der Waals surface area contributed by atoms with Crippen LogP contribution in [-0.2, 0) is 0 Å². The summed E-state index contributed by atoms with van der Waals surface area (Å²) in [4.78, 5) is 2.61. The van der Waals surface area contributed by atoms with Crippen molar-refractivity contribution in [3.63, 3.8) is 0 Å². The molecule has 0 spiro atoms. The Kier molecular flexibility index (Phi) is 4.83. The van der Waals surface area contributed by atoms with Crippen LogP contribution in [0.15, 0.2) is 152 Å². The molecule has 0 N–H and O–H groups in total. The Morgan fingerprint density at radius 3 is 1.87 bits per heavy atom. The predicted octanol–water partition coefficient (Wildman–Crippen LogP) is 10.1. The van der Waals surface area contributed by atoms with Crippen LogP contribution in [0.2, 0.25) is 0 Å². The molecule has 0 atom stereocenters. The van der Waals surface area contributed by atoms with Crippen LogP contribution in [0.3, 0.4) is 0 Å². The molecule has 0 aliphatic carbocycles. The average Bonchev–Trinajstić information content (AvgIpc) is 3.64. The number of hydrogen-bond acceptors (Lipinski definition) is 2. The van der Waals surface area contributed by atoms with E-state index in [1.54, 1.807) is 0 Å². The Morgan fingerprint density at radius 1 is 0.413 bits per heavy atom. The number of thiophene rings is 1. The lowest BCUT2D eigenvalue weighted by Gasteiger charge is -2.43. The predicted molar refractivity (Wildman–Crippen MR) is 198 cm³/mol. The summed E-state index contributed by atoms with van der Waals surface area (Å²) in [6, 6.07) is 56.4. The Hall–Kier alpha value is -5.58. The first kappa shape index (κ1) is 24.7. The van der Waals surface area contributed by atoms with Crippen LogP contribution in [0.25, 0.3) is 69.9 Å². The lowest BCUT2D eigenvalue weighted by Crippen LogP contribution is -2.59. The van der Waals surface area contributed by atoms with Crippen molar-refractivity contribution in [1.82, 2.24) is 4.57 Å². The van der Waals surface area contributed by atoms with Gasteiger partial charge in [0.1, 0.15) is 0 Å². The van der Waals surface area contributed by atoms with E-state index < -0.39 is 0 Å². The fraction of sp³-hybridized carbons (Fsp3) is 0. The number of anilines is 2. The molecule has 9 aromatic rings. The topological polar surface area (TPSA) is 8.17 Å². The van der Waals surface area contributed by atoms with Gasteiger partial charge in [0.15, 0.2) is 0 Å². The van der Waals surface area contributed by atoms with Gasteiger partial charge in [0, 0.05) is 59.1 Å². The molecule has 2 aromatic heterocycles. The monoisotopic (exact) mass is 600 g/mol. The van der Waals surface area contributed by atoms with Crippen LogP contribution in [0.5, 0.6) is 0 Å². The van der Waals surface area contributed by atoms with Gasteiger partial charge in [-0.05, 0) is 70.6 Å². The first-order chi connectivity index (χ1) is 22.8. The highest BCUT2D eigenvalue weighted by molar-refractivity contribution is 7.25. The molecule has 0 radical (unpaired) electrons. The minimum Gasteiger partial charge on any atom is -0.376 e. The highest BCUT2D eigenvalue weighted by atomic mass is 32.1. The second kappa shape index (κ2) is 9.00. The highest BCUT2D eigenvalue weighted by Gasteiger charge is 2.42. The maximum atomic E-state index is 2.61. The lowest BCUT2D eigenvalue weighted by molar-refractivity contribution is 1.18. The SMILES string of the molecule is c1ccc(-n2c3cc4c(cc3c3cc5sc6ccccc6c5cc32)N2B(c3ccccc3-c3ccccc32)c2ccccc2-4)cc1. The molecular weight excluding hydrogens is 575 g/mol. The third-order valence-electron chi connectivity index (χ3n) is 10.2. The van der Waals surface area contributed by atoms with Gasteiger partial charge in [-0.2, -0.15) is 0 Å². The Balaban J connectivity index is 1.30. The molecule has 11 rings (SSSR count). The molecular formula is C42H25BN2S. The molecule has 0 saturated carbocycles. The van der Waals surface area contributed by atoms with E-state index in [0.717, 1.165) is 0 Å². The van der Waals surface area contributed by atoms with E-state index in [1.807, 2.05) is 11.3 Å². The summed E-state index contributed by atoms with van der Waals surface area (Å²) in [7, 11) is 0. The van der Waals surface area contributed by atoms with E-state index in [0.29, 0.717) is 0 Å². The highest BCUT2D eigenvalue weighted by Crippen LogP contribution is 2.49. The maximum absolute atomic E-state index is 2.61. The Morgan fingerprint density at radius 2 is 1.04 bits per heavy atom. The number of para-hydroxylation sites is 2. The van der Waals surface area contributed by atoms with E-state index in [1.165, 1.54) is 92.2 Å². The fourth-order valence-electron chi connectivity index (χ4n) is 8.26. The zero-order valence-corrected chi connectivity index (χ0v) is 25.6. The van der Waals surface area contributed by atoms with E-state index in [9.17, 15) is 0 Å². The van der Waals surface area contributed by atoms with Crippen molar-refractivity contribution in [3.8, 4) is 27.9 Å².